The molecule has 0 N–H and O–H groups in total. The van der Waals surface area contributed by atoms with E-state index in [1.54, 1.807) is 24.3 Å². The molecule has 0 atom stereocenters. The first kappa shape index (κ1) is 17.7. The molecule has 0 saturated heterocycles. The first-order valence-corrected chi connectivity index (χ1v) is 8.20. The lowest BCUT2D eigenvalue weighted by Crippen LogP contribution is -2.05. The van der Waals surface area contributed by atoms with Crippen LogP contribution in [0.5, 0.6) is 5.75 Å². The lowest BCUT2D eigenvalue weighted by molar-refractivity contribution is 0.0430. The summed E-state index contributed by atoms with van der Waals surface area (Å²) in [6.07, 6.45) is 0.660. The molecule has 2 heterocycles. The van der Waals surface area contributed by atoms with Gasteiger partial charge in [0.1, 0.15) is 18.1 Å². The summed E-state index contributed by atoms with van der Waals surface area (Å²) in [5.74, 6) is 1.74. The number of aromatic nitrogens is 3. The molecule has 0 unspecified atom stereocenters. The number of ether oxygens (including phenoxy) is 2. The monoisotopic (exact) mass is 357 g/mol. The Hall–Kier alpha value is -3.16. The molecule has 0 amide bonds. The van der Waals surface area contributed by atoms with Crippen LogP contribution in [0.1, 0.15) is 46.0 Å². The molecule has 0 spiro atoms. The van der Waals surface area contributed by atoms with Gasteiger partial charge in [0.25, 0.3) is 5.89 Å². The van der Waals surface area contributed by atoms with E-state index >= 15 is 0 Å². The number of rotatable bonds is 7. The number of nitrogens with zero attached hydrogens (tertiary/aromatic N) is 3. The number of esters is 1. The molecule has 8 nitrogen and oxygen atoms in total. The summed E-state index contributed by atoms with van der Waals surface area (Å²) in [6.45, 7) is 5.90. The van der Waals surface area contributed by atoms with Gasteiger partial charge in [-0.2, -0.15) is 4.98 Å². The zero-order valence-electron chi connectivity index (χ0n) is 14.8. The molecule has 0 aliphatic rings. The summed E-state index contributed by atoms with van der Waals surface area (Å²) in [6, 6.07) is 6.68. The van der Waals surface area contributed by atoms with Crippen LogP contribution in [-0.2, 0) is 24.4 Å². The van der Waals surface area contributed by atoms with Crippen molar-refractivity contribution in [3.05, 3.63) is 58.6 Å². The number of benzene rings is 1. The highest BCUT2D eigenvalue weighted by molar-refractivity contribution is 5.89. The van der Waals surface area contributed by atoms with Gasteiger partial charge in [0, 0.05) is 6.42 Å². The summed E-state index contributed by atoms with van der Waals surface area (Å²) in [4.78, 5) is 16.1. The van der Waals surface area contributed by atoms with Crippen molar-refractivity contribution in [3.8, 4) is 5.75 Å². The van der Waals surface area contributed by atoms with Crippen LogP contribution < -0.4 is 4.74 Å². The molecule has 2 aromatic heterocycles. The molecule has 0 radical (unpaired) electrons. The van der Waals surface area contributed by atoms with Crippen molar-refractivity contribution in [3.63, 3.8) is 0 Å². The summed E-state index contributed by atoms with van der Waals surface area (Å²) in [7, 11) is 0. The number of carbonyl (C=O) groups excluding carboxylic acids is 1. The lowest BCUT2D eigenvalue weighted by atomic mass is 10.2. The van der Waals surface area contributed by atoms with E-state index in [9.17, 15) is 4.79 Å². The van der Waals surface area contributed by atoms with Crippen LogP contribution in [-0.4, -0.2) is 21.3 Å². The minimum Gasteiger partial charge on any atom is -0.489 e. The van der Waals surface area contributed by atoms with Crippen LogP contribution in [0.15, 0.2) is 33.3 Å². The summed E-state index contributed by atoms with van der Waals surface area (Å²) in [5, 5.41) is 7.63. The van der Waals surface area contributed by atoms with Crippen LogP contribution in [0.4, 0.5) is 0 Å². The van der Waals surface area contributed by atoms with E-state index in [0.717, 1.165) is 17.0 Å². The smallest absolute Gasteiger partial charge is 0.338 e. The first-order chi connectivity index (χ1) is 12.6. The van der Waals surface area contributed by atoms with Crippen LogP contribution >= 0.6 is 0 Å². The Morgan fingerprint density at radius 3 is 2.46 bits per heavy atom. The molecule has 1 aromatic carbocycles. The summed E-state index contributed by atoms with van der Waals surface area (Å²) in [5.41, 5.74) is 2.12. The van der Waals surface area contributed by atoms with Gasteiger partial charge in [0.2, 0.25) is 0 Å². The van der Waals surface area contributed by atoms with Crippen molar-refractivity contribution in [2.45, 2.75) is 40.4 Å². The van der Waals surface area contributed by atoms with Crippen molar-refractivity contribution in [2.75, 3.05) is 0 Å². The van der Waals surface area contributed by atoms with Crippen LogP contribution in [0.25, 0.3) is 0 Å². The molecule has 3 rings (SSSR count). The Labute approximate surface area is 150 Å². The Kier molecular flexibility index (Phi) is 5.31. The normalized spacial score (nSPS) is 10.7. The third kappa shape index (κ3) is 4.08. The second-order valence-electron chi connectivity index (χ2n) is 5.65. The molecule has 0 fully saturated rings. The Bertz CT molecular complexity index is 863. The highest BCUT2D eigenvalue weighted by Crippen LogP contribution is 2.18. The fraction of sp³-hybridized carbons (Fsp3) is 0.333. The number of hydrogen-bond donors (Lipinski definition) is 0. The summed E-state index contributed by atoms with van der Waals surface area (Å²) < 4.78 is 20.9. The van der Waals surface area contributed by atoms with Crippen molar-refractivity contribution >= 4 is 5.97 Å². The third-order valence-corrected chi connectivity index (χ3v) is 3.81. The van der Waals surface area contributed by atoms with Gasteiger partial charge in [-0.15, -0.1) is 0 Å². The predicted octanol–water partition coefficient (Wildman–Crippen LogP) is 3.17. The number of hydrogen-bond acceptors (Lipinski definition) is 8. The maximum Gasteiger partial charge on any atom is 0.338 e. The standard InChI is InChI=1S/C18H19N3O5/c1-4-16-19-17(26-21-16)10-24-18(22)13-5-7-14(8-6-13)23-9-15-11(2)20-25-12(15)3/h5-8H,4,9-10H2,1-3H3. The van der Waals surface area contributed by atoms with Crippen LogP contribution in [0.3, 0.4) is 0 Å². The van der Waals surface area contributed by atoms with Gasteiger partial charge in [-0.05, 0) is 38.1 Å². The predicted molar refractivity (Wildman–Crippen MR) is 89.5 cm³/mol. The van der Waals surface area contributed by atoms with E-state index in [-0.39, 0.29) is 12.5 Å². The topological polar surface area (TPSA) is 100 Å². The van der Waals surface area contributed by atoms with Crippen molar-refractivity contribution < 1.29 is 23.3 Å². The van der Waals surface area contributed by atoms with Gasteiger partial charge in [-0.25, -0.2) is 4.79 Å². The minimum atomic E-state index is -0.474. The second-order valence-corrected chi connectivity index (χ2v) is 5.65. The van der Waals surface area contributed by atoms with E-state index in [0.29, 0.717) is 30.2 Å². The van der Waals surface area contributed by atoms with Crippen LogP contribution in [0, 0.1) is 13.8 Å². The van der Waals surface area contributed by atoms with Gasteiger partial charge in [0.15, 0.2) is 12.4 Å². The molecular weight excluding hydrogens is 338 g/mol. The molecule has 0 bridgehead atoms. The fourth-order valence-electron chi connectivity index (χ4n) is 2.25. The SMILES string of the molecule is CCc1noc(COC(=O)c2ccc(OCc3c(C)noc3C)cc2)n1. The van der Waals surface area contributed by atoms with Crippen LogP contribution in [0.2, 0.25) is 0 Å². The van der Waals surface area contributed by atoms with Gasteiger partial charge in [-0.3, -0.25) is 0 Å². The fourth-order valence-corrected chi connectivity index (χ4v) is 2.25. The van der Waals surface area contributed by atoms with E-state index in [2.05, 4.69) is 15.3 Å². The van der Waals surface area contributed by atoms with E-state index < -0.39 is 5.97 Å². The van der Waals surface area contributed by atoms with Crippen molar-refractivity contribution in [1.82, 2.24) is 15.3 Å². The maximum absolute atomic E-state index is 12.1. The van der Waals surface area contributed by atoms with Gasteiger partial charge in [-0.1, -0.05) is 17.2 Å². The van der Waals surface area contributed by atoms with E-state index in [4.69, 9.17) is 18.5 Å². The Balaban J connectivity index is 1.54. The maximum atomic E-state index is 12.1. The average molecular weight is 357 g/mol. The van der Waals surface area contributed by atoms with Gasteiger partial charge in [0.05, 0.1) is 16.8 Å². The number of carbonyl (C=O) groups is 1. The molecule has 8 heteroatoms. The quantitative estimate of drug-likeness (QED) is 0.594. The zero-order chi connectivity index (χ0) is 18.5. The van der Waals surface area contributed by atoms with Gasteiger partial charge < -0.3 is 18.5 Å². The molecule has 3 aromatic rings. The molecule has 0 aliphatic heterocycles. The second kappa shape index (κ2) is 7.81. The van der Waals surface area contributed by atoms with Crippen molar-refractivity contribution in [1.29, 1.82) is 0 Å². The third-order valence-electron chi connectivity index (χ3n) is 3.81. The largest absolute Gasteiger partial charge is 0.489 e. The van der Waals surface area contributed by atoms with E-state index in [1.807, 2.05) is 20.8 Å². The molecule has 0 saturated carbocycles. The number of aryl methyl sites for hydroxylation is 3. The lowest BCUT2D eigenvalue weighted by Gasteiger charge is -2.07. The average Bonchev–Trinajstić information content (AvgIpc) is 3.25. The molecule has 26 heavy (non-hydrogen) atoms. The van der Waals surface area contributed by atoms with E-state index in [1.165, 1.54) is 0 Å². The molecule has 136 valence electrons. The molecule has 0 aliphatic carbocycles. The highest BCUT2D eigenvalue weighted by atomic mass is 16.6. The first-order valence-electron chi connectivity index (χ1n) is 8.20. The highest BCUT2D eigenvalue weighted by Gasteiger charge is 2.12. The Morgan fingerprint density at radius 2 is 1.85 bits per heavy atom. The Morgan fingerprint density at radius 1 is 1.08 bits per heavy atom. The van der Waals surface area contributed by atoms with Crippen molar-refractivity contribution in [2.24, 2.45) is 0 Å². The minimum absolute atomic E-state index is 0.0594. The van der Waals surface area contributed by atoms with Gasteiger partial charge >= 0.3 is 5.97 Å². The molecular formula is C18H19N3O5. The zero-order valence-corrected chi connectivity index (χ0v) is 14.8. The summed E-state index contributed by atoms with van der Waals surface area (Å²) >= 11 is 0.